The fourth-order valence-corrected chi connectivity index (χ4v) is 4.54. The summed E-state index contributed by atoms with van der Waals surface area (Å²) in [6.45, 7) is 2.22. The Balaban J connectivity index is 2.16. The number of hydrogen-bond acceptors (Lipinski definition) is 4. The van der Waals surface area contributed by atoms with Gasteiger partial charge in [-0.25, -0.2) is 8.42 Å². The average Bonchev–Trinajstić information content (AvgIpc) is 2.54. The molecular weight excluding hydrogens is 316 g/mol. The van der Waals surface area contributed by atoms with Crippen molar-refractivity contribution in [2.24, 2.45) is 0 Å². The molecule has 0 radical (unpaired) electrons. The zero-order chi connectivity index (χ0) is 16.6. The highest BCUT2D eigenvalue weighted by atomic mass is 32.2. The third-order valence-electron chi connectivity index (χ3n) is 3.95. The van der Waals surface area contributed by atoms with Gasteiger partial charge in [-0.1, -0.05) is 24.3 Å². The fraction of sp³-hybridized carbons (Fsp3) is 0.250. The fourth-order valence-electron chi connectivity index (χ4n) is 2.85. The predicted molar refractivity (Wildman–Crippen MR) is 87.1 cm³/mol. The SMILES string of the molecule is Cc1ccc2c(c1)N(S(=O)(=O)c1ccccc1[N+](=O)[O-])CCC2. The van der Waals surface area contributed by atoms with E-state index in [1.54, 1.807) is 0 Å². The van der Waals surface area contributed by atoms with Crippen molar-refractivity contribution in [1.29, 1.82) is 0 Å². The largest absolute Gasteiger partial charge is 0.289 e. The van der Waals surface area contributed by atoms with Gasteiger partial charge in [-0.3, -0.25) is 14.4 Å². The van der Waals surface area contributed by atoms with Crippen LogP contribution in [0, 0.1) is 17.0 Å². The Morgan fingerprint density at radius 2 is 1.91 bits per heavy atom. The quantitative estimate of drug-likeness (QED) is 0.639. The van der Waals surface area contributed by atoms with Gasteiger partial charge >= 0.3 is 0 Å². The van der Waals surface area contributed by atoms with E-state index >= 15 is 0 Å². The van der Waals surface area contributed by atoms with Gasteiger partial charge in [0.1, 0.15) is 0 Å². The molecule has 0 atom stereocenters. The van der Waals surface area contributed by atoms with Crippen LogP contribution in [0.2, 0.25) is 0 Å². The lowest BCUT2D eigenvalue weighted by Crippen LogP contribution is -2.35. The van der Waals surface area contributed by atoms with Crippen LogP contribution in [0.15, 0.2) is 47.4 Å². The molecule has 0 fully saturated rings. The molecule has 0 aromatic heterocycles. The molecule has 23 heavy (non-hydrogen) atoms. The van der Waals surface area contributed by atoms with E-state index in [-0.39, 0.29) is 4.90 Å². The second-order valence-electron chi connectivity index (χ2n) is 5.54. The molecule has 6 nitrogen and oxygen atoms in total. The van der Waals surface area contributed by atoms with Crippen LogP contribution in [-0.2, 0) is 16.4 Å². The lowest BCUT2D eigenvalue weighted by molar-refractivity contribution is -0.387. The number of aryl methyl sites for hydroxylation is 2. The first-order valence-corrected chi connectivity index (χ1v) is 8.71. The van der Waals surface area contributed by atoms with E-state index in [2.05, 4.69) is 0 Å². The number of fused-ring (bicyclic) bond motifs is 1. The number of para-hydroxylation sites is 1. The number of nitro groups is 1. The molecule has 0 aliphatic carbocycles. The highest BCUT2D eigenvalue weighted by molar-refractivity contribution is 7.93. The molecule has 0 amide bonds. The molecule has 0 unspecified atom stereocenters. The highest BCUT2D eigenvalue weighted by Crippen LogP contribution is 2.35. The summed E-state index contributed by atoms with van der Waals surface area (Å²) in [7, 11) is -3.98. The molecule has 0 N–H and O–H groups in total. The maximum Gasteiger partial charge on any atom is 0.289 e. The molecule has 120 valence electrons. The minimum absolute atomic E-state index is 0.264. The second kappa shape index (κ2) is 5.66. The van der Waals surface area contributed by atoms with Gasteiger partial charge in [0.05, 0.1) is 10.6 Å². The number of nitrogens with zero attached hydrogens (tertiary/aromatic N) is 2. The molecular formula is C16H16N2O4S. The van der Waals surface area contributed by atoms with E-state index in [0.717, 1.165) is 17.5 Å². The number of anilines is 1. The smallest absolute Gasteiger partial charge is 0.266 e. The number of nitro benzene ring substituents is 1. The van der Waals surface area contributed by atoms with Gasteiger partial charge in [0.2, 0.25) is 0 Å². The van der Waals surface area contributed by atoms with Crippen molar-refractivity contribution in [3.8, 4) is 0 Å². The summed E-state index contributed by atoms with van der Waals surface area (Å²) >= 11 is 0. The number of sulfonamides is 1. The standard InChI is InChI=1S/C16H16N2O4S/c1-12-8-9-13-5-4-10-17(15(13)11-12)23(21,22)16-7-3-2-6-14(16)18(19)20/h2-3,6-9,11H,4-5,10H2,1H3. The van der Waals surface area contributed by atoms with Crippen molar-refractivity contribution in [2.45, 2.75) is 24.7 Å². The highest BCUT2D eigenvalue weighted by Gasteiger charge is 2.33. The molecule has 2 aromatic carbocycles. The topological polar surface area (TPSA) is 80.5 Å². The molecule has 0 bridgehead atoms. The molecule has 2 aromatic rings. The van der Waals surface area contributed by atoms with E-state index in [1.165, 1.54) is 28.6 Å². The van der Waals surface area contributed by atoms with Crippen molar-refractivity contribution in [3.63, 3.8) is 0 Å². The summed E-state index contributed by atoms with van der Waals surface area (Å²) < 4.78 is 27.3. The Bertz CT molecular complexity index is 877. The Labute approximate surface area is 134 Å². The average molecular weight is 332 g/mol. The van der Waals surface area contributed by atoms with E-state index in [1.807, 2.05) is 25.1 Å². The van der Waals surface area contributed by atoms with Crippen LogP contribution in [0.25, 0.3) is 0 Å². The molecule has 1 heterocycles. The van der Waals surface area contributed by atoms with Crippen LogP contribution in [0.3, 0.4) is 0 Å². The number of benzene rings is 2. The number of hydrogen-bond donors (Lipinski definition) is 0. The normalized spacial score (nSPS) is 14.4. The first kappa shape index (κ1) is 15.5. The van der Waals surface area contributed by atoms with Crippen LogP contribution in [0.5, 0.6) is 0 Å². The van der Waals surface area contributed by atoms with Crippen LogP contribution >= 0.6 is 0 Å². The Morgan fingerprint density at radius 3 is 2.65 bits per heavy atom. The van der Waals surface area contributed by atoms with Crippen LogP contribution < -0.4 is 4.31 Å². The molecule has 3 rings (SSSR count). The van der Waals surface area contributed by atoms with Crippen LogP contribution in [-0.4, -0.2) is 19.9 Å². The zero-order valence-corrected chi connectivity index (χ0v) is 13.4. The molecule has 7 heteroatoms. The van der Waals surface area contributed by atoms with Crippen LogP contribution in [0.1, 0.15) is 17.5 Å². The van der Waals surface area contributed by atoms with Gasteiger partial charge in [-0.15, -0.1) is 0 Å². The van der Waals surface area contributed by atoms with Crippen molar-refractivity contribution >= 4 is 21.4 Å². The Hall–Kier alpha value is -2.41. The Kier molecular flexibility index (Phi) is 3.81. The zero-order valence-electron chi connectivity index (χ0n) is 12.6. The maximum atomic E-state index is 13.0. The lowest BCUT2D eigenvalue weighted by Gasteiger charge is -2.30. The van der Waals surface area contributed by atoms with E-state index in [9.17, 15) is 18.5 Å². The minimum atomic E-state index is -3.98. The minimum Gasteiger partial charge on any atom is -0.266 e. The third-order valence-corrected chi connectivity index (χ3v) is 5.81. The van der Waals surface area contributed by atoms with Gasteiger partial charge in [0.15, 0.2) is 4.90 Å². The van der Waals surface area contributed by atoms with Gasteiger partial charge in [0, 0.05) is 12.6 Å². The van der Waals surface area contributed by atoms with Gasteiger partial charge in [-0.05, 0) is 43.0 Å². The first-order valence-electron chi connectivity index (χ1n) is 7.27. The molecule has 1 aliphatic rings. The van der Waals surface area contributed by atoms with E-state index < -0.39 is 20.6 Å². The maximum absolute atomic E-state index is 13.0. The summed E-state index contributed by atoms with van der Waals surface area (Å²) in [5.41, 5.74) is 2.12. The number of rotatable bonds is 3. The molecule has 0 spiro atoms. The van der Waals surface area contributed by atoms with Crippen molar-refractivity contribution in [2.75, 3.05) is 10.8 Å². The van der Waals surface area contributed by atoms with Gasteiger partial charge < -0.3 is 0 Å². The predicted octanol–water partition coefficient (Wildman–Crippen LogP) is 3.04. The van der Waals surface area contributed by atoms with E-state index in [0.29, 0.717) is 18.7 Å². The van der Waals surface area contributed by atoms with Crippen molar-refractivity contribution in [3.05, 3.63) is 63.7 Å². The molecule has 1 aliphatic heterocycles. The van der Waals surface area contributed by atoms with E-state index in [4.69, 9.17) is 0 Å². The lowest BCUT2D eigenvalue weighted by atomic mass is 10.0. The van der Waals surface area contributed by atoms with Crippen molar-refractivity contribution in [1.82, 2.24) is 0 Å². The molecule has 0 saturated carbocycles. The summed E-state index contributed by atoms with van der Waals surface area (Å²) in [5, 5.41) is 11.2. The second-order valence-corrected chi connectivity index (χ2v) is 7.37. The monoisotopic (exact) mass is 332 g/mol. The third kappa shape index (κ3) is 2.68. The van der Waals surface area contributed by atoms with Crippen molar-refractivity contribution < 1.29 is 13.3 Å². The summed E-state index contributed by atoms with van der Waals surface area (Å²) in [5.74, 6) is 0. The molecule has 0 saturated heterocycles. The van der Waals surface area contributed by atoms with Crippen LogP contribution in [0.4, 0.5) is 11.4 Å². The summed E-state index contributed by atoms with van der Waals surface area (Å²) in [6.07, 6.45) is 1.49. The first-order chi connectivity index (χ1) is 10.9. The summed E-state index contributed by atoms with van der Waals surface area (Å²) in [4.78, 5) is 10.3. The summed E-state index contributed by atoms with van der Waals surface area (Å²) in [6, 6.07) is 11.2. The van der Waals surface area contributed by atoms with Gasteiger partial charge in [0.25, 0.3) is 15.7 Å². The Morgan fingerprint density at radius 1 is 1.17 bits per heavy atom. The van der Waals surface area contributed by atoms with Gasteiger partial charge in [-0.2, -0.15) is 0 Å².